The highest BCUT2D eigenvalue weighted by molar-refractivity contribution is 5.25. The van der Waals surface area contributed by atoms with Crippen LogP contribution in [0.4, 0.5) is 0 Å². The van der Waals surface area contributed by atoms with Gasteiger partial charge in [0.05, 0.1) is 0 Å². The van der Waals surface area contributed by atoms with E-state index in [9.17, 15) is 0 Å². The van der Waals surface area contributed by atoms with Crippen molar-refractivity contribution < 1.29 is 0 Å². The molecule has 0 aliphatic rings. The van der Waals surface area contributed by atoms with Crippen LogP contribution in [-0.2, 0) is 6.42 Å². The van der Waals surface area contributed by atoms with Gasteiger partial charge in [-0.1, -0.05) is 63.8 Å². The summed E-state index contributed by atoms with van der Waals surface area (Å²) in [6.07, 6.45) is 9.59. The first-order chi connectivity index (χ1) is 9.77. The van der Waals surface area contributed by atoms with Crippen LogP contribution < -0.4 is 0 Å². The molecule has 0 N–H and O–H groups in total. The summed E-state index contributed by atoms with van der Waals surface area (Å²) in [6.45, 7) is 10.4. The van der Waals surface area contributed by atoms with Gasteiger partial charge in [0.2, 0.25) is 0 Å². The molecule has 0 unspecified atom stereocenters. The molecular formula is C19H33N. The average molecular weight is 275 g/mol. The molecule has 0 amide bonds. The number of rotatable bonds is 11. The van der Waals surface area contributed by atoms with Gasteiger partial charge in [-0.05, 0) is 56.9 Å². The molecule has 0 spiro atoms. The quantitative estimate of drug-likeness (QED) is 0.500. The molecule has 0 saturated carbocycles. The Morgan fingerprint density at radius 1 is 0.800 bits per heavy atom. The summed E-state index contributed by atoms with van der Waals surface area (Å²) < 4.78 is 0. The molecule has 1 aromatic rings. The second kappa shape index (κ2) is 10.9. The molecule has 0 aliphatic carbocycles. The van der Waals surface area contributed by atoms with Crippen LogP contribution in [0.3, 0.4) is 0 Å². The van der Waals surface area contributed by atoms with Crippen LogP contribution in [0.5, 0.6) is 0 Å². The Morgan fingerprint density at radius 2 is 1.40 bits per heavy atom. The lowest BCUT2D eigenvalue weighted by atomic mass is 10.0. The highest BCUT2D eigenvalue weighted by Crippen LogP contribution is 2.13. The molecule has 0 radical (unpaired) electrons. The van der Waals surface area contributed by atoms with E-state index in [-0.39, 0.29) is 0 Å². The van der Waals surface area contributed by atoms with E-state index in [4.69, 9.17) is 0 Å². The summed E-state index contributed by atoms with van der Waals surface area (Å²) in [5.74, 6) is 0. The average Bonchev–Trinajstić information content (AvgIpc) is 2.47. The topological polar surface area (TPSA) is 3.24 Å². The zero-order valence-electron chi connectivity index (χ0n) is 13.8. The minimum Gasteiger partial charge on any atom is -0.304 e. The Hall–Kier alpha value is -0.820. The summed E-state index contributed by atoms with van der Waals surface area (Å²) in [4.78, 5) is 2.53. The van der Waals surface area contributed by atoms with Crippen molar-refractivity contribution in [3.63, 3.8) is 0 Å². The first kappa shape index (κ1) is 17.2. The minimum absolute atomic E-state index is 1.20. The van der Waals surface area contributed by atoms with Crippen LogP contribution in [0, 0.1) is 6.92 Å². The summed E-state index contributed by atoms with van der Waals surface area (Å²) in [5.41, 5.74) is 2.99. The van der Waals surface area contributed by atoms with Gasteiger partial charge >= 0.3 is 0 Å². The summed E-state index contributed by atoms with van der Waals surface area (Å²) in [7, 11) is 0. The maximum Gasteiger partial charge on any atom is -0.00190 e. The fraction of sp³-hybridized carbons (Fsp3) is 0.684. The monoisotopic (exact) mass is 275 g/mol. The summed E-state index contributed by atoms with van der Waals surface area (Å²) in [6, 6.07) is 8.80. The predicted octanol–water partition coefficient (Wildman–Crippen LogP) is 5.22. The maximum absolute atomic E-state index is 2.53. The molecule has 0 atom stereocenters. The molecular weight excluding hydrogens is 242 g/mol. The Labute approximate surface area is 126 Å². The summed E-state index contributed by atoms with van der Waals surface area (Å²) >= 11 is 0. The van der Waals surface area contributed by atoms with Gasteiger partial charge < -0.3 is 4.90 Å². The molecule has 0 aromatic heterocycles. The van der Waals surface area contributed by atoms with Crippen LogP contribution in [0.15, 0.2) is 24.3 Å². The van der Waals surface area contributed by atoms with Gasteiger partial charge in [0.25, 0.3) is 0 Å². The number of nitrogens with zero attached hydrogens (tertiary/aromatic N) is 1. The second-order valence-electron chi connectivity index (χ2n) is 5.82. The van der Waals surface area contributed by atoms with E-state index in [2.05, 4.69) is 49.9 Å². The van der Waals surface area contributed by atoms with Crippen molar-refractivity contribution >= 4 is 0 Å². The van der Waals surface area contributed by atoms with E-state index in [1.54, 1.807) is 0 Å². The Kier molecular flexibility index (Phi) is 9.40. The fourth-order valence-electron chi connectivity index (χ4n) is 2.79. The normalized spacial score (nSPS) is 11.2. The van der Waals surface area contributed by atoms with Crippen LogP contribution in [0.1, 0.15) is 63.5 Å². The molecule has 0 saturated heterocycles. The van der Waals surface area contributed by atoms with Crippen molar-refractivity contribution in [3.8, 4) is 0 Å². The standard InChI is InChI=1S/C19H33N/c1-4-20(5-2)17-13-9-7-6-8-10-15-19-16-12-11-14-18(19)3/h11-12,14,16H,4-10,13,15,17H2,1-3H3. The zero-order chi connectivity index (χ0) is 14.6. The lowest BCUT2D eigenvalue weighted by Crippen LogP contribution is -2.23. The number of aryl methyl sites for hydroxylation is 2. The molecule has 0 bridgehead atoms. The number of benzene rings is 1. The Morgan fingerprint density at radius 3 is 2.05 bits per heavy atom. The lowest BCUT2D eigenvalue weighted by Gasteiger charge is -2.17. The van der Waals surface area contributed by atoms with Gasteiger partial charge in [0.1, 0.15) is 0 Å². The van der Waals surface area contributed by atoms with Crippen molar-refractivity contribution in [2.45, 2.75) is 65.7 Å². The molecule has 1 rings (SSSR count). The summed E-state index contributed by atoms with van der Waals surface area (Å²) in [5, 5.41) is 0. The molecule has 114 valence electrons. The number of hydrogen-bond acceptors (Lipinski definition) is 1. The van der Waals surface area contributed by atoms with Crippen molar-refractivity contribution in [1.82, 2.24) is 4.90 Å². The van der Waals surface area contributed by atoms with Gasteiger partial charge in [-0.2, -0.15) is 0 Å². The van der Waals surface area contributed by atoms with E-state index < -0.39 is 0 Å². The first-order valence-electron chi connectivity index (χ1n) is 8.54. The third-order valence-electron chi connectivity index (χ3n) is 4.33. The van der Waals surface area contributed by atoms with E-state index in [1.165, 1.54) is 75.7 Å². The molecule has 1 nitrogen and oxygen atoms in total. The van der Waals surface area contributed by atoms with Crippen molar-refractivity contribution in [3.05, 3.63) is 35.4 Å². The molecule has 1 aromatic carbocycles. The molecule has 20 heavy (non-hydrogen) atoms. The van der Waals surface area contributed by atoms with Gasteiger partial charge in [-0.25, -0.2) is 0 Å². The van der Waals surface area contributed by atoms with Crippen LogP contribution >= 0.6 is 0 Å². The van der Waals surface area contributed by atoms with Gasteiger partial charge in [-0.3, -0.25) is 0 Å². The van der Waals surface area contributed by atoms with E-state index in [0.717, 1.165) is 0 Å². The number of unbranched alkanes of at least 4 members (excludes halogenated alkanes) is 5. The first-order valence-corrected chi connectivity index (χ1v) is 8.54. The van der Waals surface area contributed by atoms with Gasteiger partial charge in [0.15, 0.2) is 0 Å². The van der Waals surface area contributed by atoms with Crippen molar-refractivity contribution in [1.29, 1.82) is 0 Å². The largest absolute Gasteiger partial charge is 0.304 e. The minimum atomic E-state index is 1.20. The van der Waals surface area contributed by atoms with Gasteiger partial charge in [0, 0.05) is 0 Å². The highest BCUT2D eigenvalue weighted by Gasteiger charge is 1.99. The van der Waals surface area contributed by atoms with E-state index in [0.29, 0.717) is 0 Å². The number of hydrogen-bond donors (Lipinski definition) is 0. The fourth-order valence-corrected chi connectivity index (χ4v) is 2.79. The Bertz CT molecular complexity index is 341. The van der Waals surface area contributed by atoms with Crippen molar-refractivity contribution in [2.75, 3.05) is 19.6 Å². The predicted molar refractivity (Wildman–Crippen MR) is 90.4 cm³/mol. The van der Waals surface area contributed by atoms with Gasteiger partial charge in [-0.15, -0.1) is 0 Å². The van der Waals surface area contributed by atoms with Crippen LogP contribution in [0.2, 0.25) is 0 Å². The van der Waals surface area contributed by atoms with Crippen molar-refractivity contribution in [2.24, 2.45) is 0 Å². The van der Waals surface area contributed by atoms with Crippen LogP contribution in [0.25, 0.3) is 0 Å². The second-order valence-corrected chi connectivity index (χ2v) is 5.82. The molecule has 0 fully saturated rings. The molecule has 0 aliphatic heterocycles. The molecule has 0 heterocycles. The zero-order valence-corrected chi connectivity index (χ0v) is 13.8. The van der Waals surface area contributed by atoms with Crippen LogP contribution in [-0.4, -0.2) is 24.5 Å². The SMILES string of the molecule is CCN(CC)CCCCCCCCc1ccccc1C. The third kappa shape index (κ3) is 7.09. The maximum atomic E-state index is 2.53. The third-order valence-corrected chi connectivity index (χ3v) is 4.33. The van der Waals surface area contributed by atoms with E-state index >= 15 is 0 Å². The highest BCUT2D eigenvalue weighted by atomic mass is 15.1. The van der Waals surface area contributed by atoms with E-state index in [1.807, 2.05) is 0 Å². The smallest absolute Gasteiger partial charge is 0.00190 e. The lowest BCUT2D eigenvalue weighted by molar-refractivity contribution is 0.295. The Balaban J connectivity index is 1.96. The molecule has 1 heteroatoms.